The van der Waals surface area contributed by atoms with E-state index in [0.29, 0.717) is 6.10 Å². The lowest BCUT2D eigenvalue weighted by Crippen LogP contribution is -2.36. The van der Waals surface area contributed by atoms with Crippen LogP contribution >= 0.6 is 0 Å². The molecule has 1 aliphatic rings. The number of ether oxygens (including phenoxy) is 1. The summed E-state index contributed by atoms with van der Waals surface area (Å²) in [6.45, 7) is 3.88. The smallest absolute Gasteiger partial charge is 0.151 e. The lowest BCUT2D eigenvalue weighted by Gasteiger charge is -2.31. The van der Waals surface area contributed by atoms with Gasteiger partial charge in [0.05, 0.1) is 29.4 Å². The van der Waals surface area contributed by atoms with Crippen LogP contribution in [0.25, 0.3) is 17.1 Å². The van der Waals surface area contributed by atoms with E-state index in [1.165, 1.54) is 0 Å². The molecular formula is C20H23N5O. The van der Waals surface area contributed by atoms with Crippen molar-refractivity contribution >= 4 is 5.82 Å². The molecule has 0 aliphatic carbocycles. The summed E-state index contributed by atoms with van der Waals surface area (Å²) in [6, 6.07) is 12.1. The highest BCUT2D eigenvalue weighted by molar-refractivity contribution is 5.63. The number of hydrogen-bond acceptors (Lipinski definition) is 5. The summed E-state index contributed by atoms with van der Waals surface area (Å²) in [5.41, 5.74) is 3.80. The van der Waals surface area contributed by atoms with E-state index in [1.807, 2.05) is 54.3 Å². The lowest BCUT2D eigenvalue weighted by atomic mass is 10.1. The molecule has 134 valence electrons. The molecule has 0 amide bonds. The fraction of sp³-hybridized carbons (Fsp3) is 0.350. The number of anilines is 1. The number of aryl methyl sites for hydroxylation is 1. The van der Waals surface area contributed by atoms with Crippen LogP contribution in [-0.2, 0) is 4.74 Å². The largest absolute Gasteiger partial charge is 0.381 e. The number of pyridine rings is 2. The third-order valence-electron chi connectivity index (χ3n) is 4.86. The third-order valence-corrected chi connectivity index (χ3v) is 4.86. The van der Waals surface area contributed by atoms with Gasteiger partial charge in [-0.3, -0.25) is 9.97 Å². The van der Waals surface area contributed by atoms with Crippen molar-refractivity contribution in [2.45, 2.75) is 25.9 Å². The van der Waals surface area contributed by atoms with Gasteiger partial charge in [-0.05, 0) is 44.0 Å². The molecule has 6 heteroatoms. The highest BCUT2D eigenvalue weighted by atomic mass is 16.5. The van der Waals surface area contributed by atoms with Crippen molar-refractivity contribution in [3.63, 3.8) is 0 Å². The number of piperidine rings is 1. The predicted molar refractivity (Wildman–Crippen MR) is 102 cm³/mol. The normalized spacial score (nSPS) is 15.4. The first-order valence-electron chi connectivity index (χ1n) is 8.97. The molecule has 0 radical (unpaired) electrons. The first-order valence-corrected chi connectivity index (χ1v) is 8.97. The molecule has 26 heavy (non-hydrogen) atoms. The fourth-order valence-corrected chi connectivity index (χ4v) is 3.32. The number of rotatable bonds is 4. The molecule has 1 saturated heterocycles. The zero-order valence-electron chi connectivity index (χ0n) is 15.2. The van der Waals surface area contributed by atoms with Crippen LogP contribution in [0.1, 0.15) is 18.5 Å². The molecule has 0 bridgehead atoms. The summed E-state index contributed by atoms with van der Waals surface area (Å²) < 4.78 is 7.42. The van der Waals surface area contributed by atoms with Crippen LogP contribution in [-0.4, -0.2) is 46.1 Å². The van der Waals surface area contributed by atoms with Crippen LogP contribution in [0.15, 0.2) is 48.8 Å². The summed E-state index contributed by atoms with van der Waals surface area (Å²) in [5.74, 6) is 0.973. The van der Waals surface area contributed by atoms with Gasteiger partial charge >= 0.3 is 0 Å². The molecule has 6 nitrogen and oxygen atoms in total. The van der Waals surface area contributed by atoms with Gasteiger partial charge in [-0.25, -0.2) is 4.68 Å². The Labute approximate surface area is 153 Å². The zero-order valence-corrected chi connectivity index (χ0v) is 15.2. The van der Waals surface area contributed by atoms with Gasteiger partial charge in [0.25, 0.3) is 0 Å². The van der Waals surface area contributed by atoms with E-state index in [4.69, 9.17) is 9.84 Å². The highest BCUT2D eigenvalue weighted by Crippen LogP contribution is 2.28. The molecule has 0 unspecified atom stereocenters. The Bertz CT molecular complexity index is 852. The average Bonchev–Trinajstić information content (AvgIpc) is 3.15. The minimum atomic E-state index is 0.352. The van der Waals surface area contributed by atoms with Crippen LogP contribution in [0.4, 0.5) is 5.82 Å². The van der Waals surface area contributed by atoms with Crippen molar-refractivity contribution < 1.29 is 4.74 Å². The molecule has 3 aromatic rings. The second kappa shape index (κ2) is 7.25. The number of aromatic nitrogens is 4. The number of nitrogens with zero attached hydrogens (tertiary/aromatic N) is 5. The molecule has 0 saturated carbocycles. The minimum absolute atomic E-state index is 0.352. The fourth-order valence-electron chi connectivity index (χ4n) is 3.32. The van der Waals surface area contributed by atoms with Crippen molar-refractivity contribution in [1.82, 2.24) is 19.7 Å². The molecule has 0 aromatic carbocycles. The van der Waals surface area contributed by atoms with Crippen LogP contribution in [0.2, 0.25) is 0 Å². The average molecular weight is 349 g/mol. The van der Waals surface area contributed by atoms with Crippen molar-refractivity contribution in [3.8, 4) is 17.1 Å². The number of methoxy groups -OCH3 is 1. The molecule has 1 fully saturated rings. The molecule has 0 N–H and O–H groups in total. The summed E-state index contributed by atoms with van der Waals surface area (Å²) >= 11 is 0. The van der Waals surface area contributed by atoms with E-state index in [0.717, 1.165) is 54.5 Å². The van der Waals surface area contributed by atoms with Crippen molar-refractivity contribution in [2.24, 2.45) is 0 Å². The van der Waals surface area contributed by atoms with Gasteiger partial charge < -0.3 is 9.64 Å². The van der Waals surface area contributed by atoms with Gasteiger partial charge in [0.1, 0.15) is 0 Å². The standard InChI is InChI=1S/C20H23N5O/c1-15-6-7-16(14-22-15)25-19(18-5-3-4-10-21-18)13-20(23-25)24-11-8-17(26-2)9-12-24/h3-7,10,13-14,17H,8-9,11-12H2,1-2H3. The molecule has 0 atom stereocenters. The van der Waals surface area contributed by atoms with Crippen molar-refractivity contribution in [2.75, 3.05) is 25.1 Å². The van der Waals surface area contributed by atoms with Crippen LogP contribution < -0.4 is 4.90 Å². The maximum absolute atomic E-state index is 5.48. The van der Waals surface area contributed by atoms with E-state index in [2.05, 4.69) is 20.9 Å². The maximum Gasteiger partial charge on any atom is 0.151 e. The van der Waals surface area contributed by atoms with Gasteiger partial charge in [0.15, 0.2) is 5.82 Å². The maximum atomic E-state index is 5.48. The molecule has 1 aliphatic heterocycles. The van der Waals surface area contributed by atoms with Gasteiger partial charge in [-0.1, -0.05) is 6.07 Å². The Kier molecular flexibility index (Phi) is 4.67. The summed E-state index contributed by atoms with van der Waals surface area (Å²) in [5, 5.41) is 4.88. The summed E-state index contributed by atoms with van der Waals surface area (Å²) in [6.07, 6.45) is 6.06. The minimum Gasteiger partial charge on any atom is -0.381 e. The van der Waals surface area contributed by atoms with E-state index in [-0.39, 0.29) is 0 Å². The van der Waals surface area contributed by atoms with Gasteiger partial charge in [-0.2, -0.15) is 0 Å². The lowest BCUT2D eigenvalue weighted by molar-refractivity contribution is 0.0818. The van der Waals surface area contributed by atoms with E-state index in [9.17, 15) is 0 Å². The molecule has 3 aromatic heterocycles. The first-order chi connectivity index (χ1) is 12.7. The van der Waals surface area contributed by atoms with Crippen molar-refractivity contribution in [3.05, 3.63) is 54.5 Å². The first kappa shape index (κ1) is 16.7. The third kappa shape index (κ3) is 3.32. The quantitative estimate of drug-likeness (QED) is 0.724. The van der Waals surface area contributed by atoms with Gasteiger partial charge in [0.2, 0.25) is 0 Å². The topological polar surface area (TPSA) is 56.1 Å². The Morgan fingerprint density at radius 3 is 2.58 bits per heavy atom. The van der Waals surface area contributed by atoms with E-state index < -0.39 is 0 Å². The number of hydrogen-bond donors (Lipinski definition) is 0. The summed E-state index contributed by atoms with van der Waals surface area (Å²) in [7, 11) is 1.79. The molecule has 0 spiro atoms. The second-order valence-electron chi connectivity index (χ2n) is 6.59. The monoisotopic (exact) mass is 349 g/mol. The van der Waals surface area contributed by atoms with Crippen LogP contribution in [0.3, 0.4) is 0 Å². The zero-order chi connectivity index (χ0) is 17.9. The predicted octanol–water partition coefficient (Wildman–Crippen LogP) is 3.25. The van der Waals surface area contributed by atoms with Gasteiger partial charge in [0, 0.05) is 38.2 Å². The molecule has 4 rings (SSSR count). The second-order valence-corrected chi connectivity index (χ2v) is 6.59. The van der Waals surface area contributed by atoms with E-state index in [1.54, 1.807) is 7.11 Å². The van der Waals surface area contributed by atoms with Crippen LogP contribution in [0, 0.1) is 6.92 Å². The molecule has 4 heterocycles. The molecular weight excluding hydrogens is 326 g/mol. The highest BCUT2D eigenvalue weighted by Gasteiger charge is 2.22. The summed E-state index contributed by atoms with van der Waals surface area (Å²) in [4.78, 5) is 11.3. The Morgan fingerprint density at radius 2 is 1.92 bits per heavy atom. The van der Waals surface area contributed by atoms with E-state index >= 15 is 0 Å². The Morgan fingerprint density at radius 1 is 1.08 bits per heavy atom. The van der Waals surface area contributed by atoms with Gasteiger partial charge in [-0.15, -0.1) is 5.10 Å². The SMILES string of the molecule is COC1CCN(c2cc(-c3ccccn3)n(-c3ccc(C)nc3)n2)CC1. The Hall–Kier alpha value is -2.73. The van der Waals surface area contributed by atoms with Crippen molar-refractivity contribution in [1.29, 1.82) is 0 Å². The van der Waals surface area contributed by atoms with Crippen LogP contribution in [0.5, 0.6) is 0 Å². The Balaban J connectivity index is 1.72.